The van der Waals surface area contributed by atoms with Crippen molar-refractivity contribution in [3.05, 3.63) is 96.4 Å². The molecular weight excluding hydrogens is 813 g/mol. The predicted octanol–water partition coefficient (Wildman–Crippen LogP) is 5.08. The van der Waals surface area contributed by atoms with E-state index >= 15 is 0 Å². The summed E-state index contributed by atoms with van der Waals surface area (Å²) in [6, 6.07) is 22.9. The number of para-hydroxylation sites is 1. The standard InChI is InChI=1S/C48H56N10O6/c49-44-43-38(32-12-18-36(19-13-32)64-35-7-2-1-3-8-35)30-57(45(43)54-31-53-44)34-16-14-33(15-17-34)56-24-22-55(23-25-56)26-28-63-27-6-21-50-41(59)29-52-39-10-4-9-37-42(39)48(62)58(47(37)61)40-11-5-20-51-46(40)60/h1-4,7-10,12-13,18-19,30-31,33-34,40,52H,5-6,11,14-17,20-29H2,(H,50,59)(H,51,60)(H2,49,53,54)/t33-,34+,40?. The van der Waals surface area contributed by atoms with Crippen molar-refractivity contribution < 1.29 is 28.7 Å². The number of rotatable bonds is 16. The maximum atomic E-state index is 13.3. The van der Waals surface area contributed by atoms with Crippen LogP contribution in [0, 0.1) is 0 Å². The monoisotopic (exact) mass is 868 g/mol. The van der Waals surface area contributed by atoms with Gasteiger partial charge in [-0.25, -0.2) is 9.97 Å². The zero-order valence-corrected chi connectivity index (χ0v) is 36.0. The number of amides is 4. The minimum atomic E-state index is -0.822. The van der Waals surface area contributed by atoms with Gasteiger partial charge in [0.2, 0.25) is 11.8 Å². The third kappa shape index (κ3) is 9.30. The van der Waals surface area contributed by atoms with Gasteiger partial charge < -0.3 is 35.7 Å². The molecule has 2 saturated heterocycles. The lowest BCUT2D eigenvalue weighted by molar-refractivity contribution is -0.126. The number of fused-ring (bicyclic) bond motifs is 2. The summed E-state index contributed by atoms with van der Waals surface area (Å²) in [4.78, 5) is 66.7. The molecule has 4 aliphatic rings. The zero-order chi connectivity index (χ0) is 44.0. The Morgan fingerprint density at radius 2 is 1.58 bits per heavy atom. The molecule has 4 amide bonds. The highest BCUT2D eigenvalue weighted by Crippen LogP contribution is 2.40. The van der Waals surface area contributed by atoms with Crippen molar-refractivity contribution in [3.8, 4) is 22.6 Å². The van der Waals surface area contributed by atoms with Gasteiger partial charge in [0.05, 0.1) is 29.7 Å². The number of piperidine rings is 1. The second kappa shape index (κ2) is 19.6. The Morgan fingerprint density at radius 1 is 0.812 bits per heavy atom. The highest BCUT2D eigenvalue weighted by Gasteiger charge is 2.44. The Balaban J connectivity index is 0.666. The van der Waals surface area contributed by atoms with E-state index in [0.29, 0.717) is 69.2 Å². The number of hydrogen-bond acceptors (Lipinski definition) is 12. The number of hydrogen-bond donors (Lipinski definition) is 4. The van der Waals surface area contributed by atoms with Crippen LogP contribution in [-0.2, 0) is 14.3 Å². The number of nitrogen functional groups attached to an aromatic ring is 1. The molecule has 16 nitrogen and oxygen atoms in total. The number of nitrogens with two attached hydrogens (primary N) is 1. The van der Waals surface area contributed by atoms with E-state index in [4.69, 9.17) is 20.2 Å². The fraction of sp³-hybridized carbons (Fsp3) is 0.417. The molecule has 3 aliphatic heterocycles. The summed E-state index contributed by atoms with van der Waals surface area (Å²) in [6.07, 6.45) is 10.00. The SMILES string of the molecule is Nc1ncnc2c1c(-c1ccc(Oc3ccccc3)cc1)cn2[C@H]1CC[C@@H](N2CCN(CCOCCCNC(=O)CNc3cccc4c3C(=O)N(C3CCCNC3=O)C4=O)CC2)CC1. The first-order chi connectivity index (χ1) is 31.3. The van der Waals surface area contributed by atoms with Gasteiger partial charge in [-0.15, -0.1) is 0 Å². The fourth-order valence-corrected chi connectivity index (χ4v) is 9.66. The van der Waals surface area contributed by atoms with Crippen molar-refractivity contribution in [1.29, 1.82) is 0 Å². The number of anilines is 2. The minimum absolute atomic E-state index is 0.0607. The normalized spacial score (nSPS) is 20.6. The van der Waals surface area contributed by atoms with Crippen LogP contribution in [0.2, 0.25) is 0 Å². The number of nitrogens with one attached hydrogen (secondary N) is 3. The number of ether oxygens (including phenoxy) is 2. The minimum Gasteiger partial charge on any atom is -0.457 e. The van der Waals surface area contributed by atoms with Crippen molar-refractivity contribution in [2.75, 3.05) is 76.6 Å². The van der Waals surface area contributed by atoms with Crippen LogP contribution in [0.4, 0.5) is 11.5 Å². The van der Waals surface area contributed by atoms with Crippen LogP contribution in [0.25, 0.3) is 22.2 Å². The maximum absolute atomic E-state index is 13.3. The Labute approximate surface area is 372 Å². The molecule has 5 heterocycles. The van der Waals surface area contributed by atoms with E-state index in [9.17, 15) is 19.2 Å². The number of carbonyl (C=O) groups excluding carboxylic acids is 4. The molecule has 1 saturated carbocycles. The summed E-state index contributed by atoms with van der Waals surface area (Å²) in [5.74, 6) is 0.506. The summed E-state index contributed by atoms with van der Waals surface area (Å²) >= 11 is 0. The van der Waals surface area contributed by atoms with Gasteiger partial charge in [-0.1, -0.05) is 36.4 Å². The molecule has 5 aromatic rings. The van der Waals surface area contributed by atoms with Gasteiger partial charge in [0.25, 0.3) is 11.8 Å². The Bertz CT molecular complexity index is 2460. The quantitative estimate of drug-likeness (QED) is 0.0762. The van der Waals surface area contributed by atoms with Crippen LogP contribution >= 0.6 is 0 Å². The molecule has 1 unspecified atom stereocenters. The molecule has 3 fully saturated rings. The number of piperazine rings is 1. The molecule has 9 rings (SSSR count). The smallest absolute Gasteiger partial charge is 0.264 e. The number of carbonyl (C=O) groups is 4. The van der Waals surface area contributed by atoms with E-state index in [2.05, 4.69) is 53.6 Å². The summed E-state index contributed by atoms with van der Waals surface area (Å²) in [5, 5.41) is 9.54. The first kappa shape index (κ1) is 42.9. The van der Waals surface area contributed by atoms with E-state index in [1.807, 2.05) is 42.5 Å². The molecule has 1 aliphatic carbocycles. The van der Waals surface area contributed by atoms with Crippen molar-refractivity contribution in [2.45, 2.75) is 63.1 Å². The Hall–Kier alpha value is -6.36. The van der Waals surface area contributed by atoms with Gasteiger partial charge in [0.1, 0.15) is 35.3 Å². The lowest BCUT2D eigenvalue weighted by Gasteiger charge is -2.42. The molecule has 0 radical (unpaired) electrons. The molecule has 0 spiro atoms. The molecule has 2 aromatic heterocycles. The van der Waals surface area contributed by atoms with Crippen LogP contribution in [0.15, 0.2) is 85.3 Å². The summed E-state index contributed by atoms with van der Waals surface area (Å²) < 4.78 is 14.3. The molecular formula is C48H56N10O6. The number of benzene rings is 3. The largest absolute Gasteiger partial charge is 0.457 e. The molecule has 334 valence electrons. The van der Waals surface area contributed by atoms with Gasteiger partial charge in [0, 0.05) is 82.0 Å². The van der Waals surface area contributed by atoms with Crippen LogP contribution in [0.5, 0.6) is 11.5 Å². The van der Waals surface area contributed by atoms with Crippen LogP contribution in [0.3, 0.4) is 0 Å². The zero-order valence-electron chi connectivity index (χ0n) is 36.0. The van der Waals surface area contributed by atoms with E-state index in [0.717, 1.165) is 97.0 Å². The van der Waals surface area contributed by atoms with E-state index < -0.39 is 17.9 Å². The predicted molar refractivity (Wildman–Crippen MR) is 243 cm³/mol. The molecule has 3 aromatic carbocycles. The summed E-state index contributed by atoms with van der Waals surface area (Å²) in [5.41, 5.74) is 10.3. The highest BCUT2D eigenvalue weighted by atomic mass is 16.5. The van der Waals surface area contributed by atoms with Crippen LogP contribution in [-0.4, -0.2) is 131 Å². The van der Waals surface area contributed by atoms with E-state index in [-0.39, 0.29) is 29.5 Å². The lowest BCUT2D eigenvalue weighted by atomic mass is 9.89. The van der Waals surface area contributed by atoms with Crippen molar-refractivity contribution in [1.82, 2.24) is 39.9 Å². The first-order valence-electron chi connectivity index (χ1n) is 22.6. The summed E-state index contributed by atoms with van der Waals surface area (Å²) in [6.45, 7) is 7.10. The van der Waals surface area contributed by atoms with Gasteiger partial charge in [0.15, 0.2) is 0 Å². The average molecular weight is 869 g/mol. The fourth-order valence-electron chi connectivity index (χ4n) is 9.66. The number of imide groups is 1. The number of nitrogens with zero attached hydrogens (tertiary/aromatic N) is 6. The average Bonchev–Trinajstić information content (AvgIpc) is 3.84. The van der Waals surface area contributed by atoms with E-state index in [1.54, 1.807) is 24.5 Å². The van der Waals surface area contributed by atoms with Crippen LogP contribution < -0.4 is 26.4 Å². The topological polar surface area (TPSA) is 189 Å². The Morgan fingerprint density at radius 3 is 2.36 bits per heavy atom. The summed E-state index contributed by atoms with van der Waals surface area (Å²) in [7, 11) is 0. The van der Waals surface area contributed by atoms with Crippen molar-refractivity contribution in [2.24, 2.45) is 0 Å². The van der Waals surface area contributed by atoms with Gasteiger partial charge >= 0.3 is 0 Å². The van der Waals surface area contributed by atoms with Crippen LogP contribution in [0.1, 0.15) is 71.7 Å². The third-order valence-corrected chi connectivity index (χ3v) is 13.1. The molecule has 16 heteroatoms. The second-order valence-electron chi connectivity index (χ2n) is 17.0. The maximum Gasteiger partial charge on any atom is 0.264 e. The lowest BCUT2D eigenvalue weighted by Crippen LogP contribution is -2.52. The Kier molecular flexibility index (Phi) is 13.1. The van der Waals surface area contributed by atoms with Crippen molar-refractivity contribution >= 4 is 46.2 Å². The van der Waals surface area contributed by atoms with E-state index in [1.165, 1.54) is 0 Å². The highest BCUT2D eigenvalue weighted by molar-refractivity contribution is 6.25. The molecule has 1 atom stereocenters. The molecule has 0 bridgehead atoms. The third-order valence-electron chi connectivity index (χ3n) is 13.1. The first-order valence-corrected chi connectivity index (χ1v) is 22.6. The van der Waals surface area contributed by atoms with Crippen molar-refractivity contribution in [3.63, 3.8) is 0 Å². The molecule has 64 heavy (non-hydrogen) atoms. The second-order valence-corrected chi connectivity index (χ2v) is 17.0. The van der Waals surface area contributed by atoms with Gasteiger partial charge in [-0.05, 0) is 86.9 Å². The van der Waals surface area contributed by atoms with Gasteiger partial charge in [-0.2, -0.15) is 0 Å². The van der Waals surface area contributed by atoms with Gasteiger partial charge in [-0.3, -0.25) is 33.9 Å². The number of aromatic nitrogens is 3. The molecule has 5 N–H and O–H groups in total.